The summed E-state index contributed by atoms with van der Waals surface area (Å²) < 4.78 is 5.06. The van der Waals surface area contributed by atoms with Crippen LogP contribution in [0.25, 0.3) is 0 Å². The van der Waals surface area contributed by atoms with Crippen LogP contribution in [-0.2, 0) is 16.1 Å². The molecule has 1 heterocycles. The van der Waals surface area contributed by atoms with Gasteiger partial charge in [0.05, 0.1) is 7.11 Å². The second-order valence-corrected chi connectivity index (χ2v) is 4.40. The minimum absolute atomic E-state index is 0.0792. The summed E-state index contributed by atoms with van der Waals surface area (Å²) in [7, 11) is 1.58. The maximum Gasteiger partial charge on any atom is 0.266 e. The maximum atomic E-state index is 11.8. The third kappa shape index (κ3) is 2.85. The Morgan fingerprint density at radius 3 is 2.74 bits per heavy atom. The average Bonchev–Trinajstić information content (AvgIpc) is 2.80. The van der Waals surface area contributed by atoms with Crippen molar-refractivity contribution in [2.24, 2.45) is 0 Å². The number of hydroxylamine groups is 1. The van der Waals surface area contributed by atoms with Crippen molar-refractivity contribution >= 4 is 11.8 Å². The largest absolute Gasteiger partial charge is 0.497 e. The summed E-state index contributed by atoms with van der Waals surface area (Å²) in [4.78, 5) is 24.7. The standard InChI is InChI=1S/C13H16N2O4/c1-19-10-4-2-9(3-5-10)8-15-11(13(17)14-18)6-7-12(15)16/h2-5,11,18H,6-8H2,1H3,(H,14,17). The third-order valence-corrected chi connectivity index (χ3v) is 3.25. The molecule has 2 rings (SSSR count). The van der Waals surface area contributed by atoms with Crippen molar-refractivity contribution in [3.05, 3.63) is 29.8 Å². The van der Waals surface area contributed by atoms with E-state index < -0.39 is 11.9 Å². The fraction of sp³-hybridized carbons (Fsp3) is 0.385. The van der Waals surface area contributed by atoms with Gasteiger partial charge in [-0.1, -0.05) is 12.1 Å². The number of nitrogens with zero attached hydrogens (tertiary/aromatic N) is 1. The smallest absolute Gasteiger partial charge is 0.266 e. The number of hydrogen-bond donors (Lipinski definition) is 2. The molecule has 102 valence electrons. The van der Waals surface area contributed by atoms with Crippen LogP contribution < -0.4 is 10.2 Å². The monoisotopic (exact) mass is 264 g/mol. The number of nitrogens with one attached hydrogen (secondary N) is 1. The Morgan fingerprint density at radius 1 is 1.47 bits per heavy atom. The highest BCUT2D eigenvalue weighted by atomic mass is 16.5. The van der Waals surface area contributed by atoms with Gasteiger partial charge in [-0.15, -0.1) is 0 Å². The van der Waals surface area contributed by atoms with Crippen molar-refractivity contribution < 1.29 is 19.5 Å². The molecule has 1 saturated heterocycles. The molecule has 0 radical (unpaired) electrons. The van der Waals surface area contributed by atoms with Crippen molar-refractivity contribution in [3.63, 3.8) is 0 Å². The lowest BCUT2D eigenvalue weighted by molar-refractivity contribution is -0.140. The van der Waals surface area contributed by atoms with Crippen LogP contribution >= 0.6 is 0 Å². The number of carbonyl (C=O) groups excluding carboxylic acids is 2. The Labute approximate surface area is 110 Å². The van der Waals surface area contributed by atoms with Crippen molar-refractivity contribution in [2.75, 3.05) is 7.11 Å². The van der Waals surface area contributed by atoms with E-state index in [1.54, 1.807) is 24.7 Å². The molecular weight excluding hydrogens is 248 g/mol. The molecule has 1 atom stereocenters. The van der Waals surface area contributed by atoms with E-state index in [4.69, 9.17) is 9.94 Å². The van der Waals surface area contributed by atoms with Gasteiger partial charge in [-0.2, -0.15) is 0 Å². The normalized spacial score (nSPS) is 18.5. The molecule has 19 heavy (non-hydrogen) atoms. The second-order valence-electron chi connectivity index (χ2n) is 4.40. The van der Waals surface area contributed by atoms with Crippen LogP contribution in [0, 0.1) is 0 Å². The van der Waals surface area contributed by atoms with Gasteiger partial charge in [0.2, 0.25) is 5.91 Å². The molecular formula is C13H16N2O4. The third-order valence-electron chi connectivity index (χ3n) is 3.25. The highest BCUT2D eigenvalue weighted by molar-refractivity contribution is 5.90. The first kappa shape index (κ1) is 13.4. The van der Waals surface area contributed by atoms with Gasteiger partial charge in [0.1, 0.15) is 11.8 Å². The second kappa shape index (κ2) is 5.71. The Hall–Kier alpha value is -2.08. The first-order valence-electron chi connectivity index (χ1n) is 6.02. The van der Waals surface area contributed by atoms with E-state index in [1.165, 1.54) is 4.90 Å². The van der Waals surface area contributed by atoms with Crippen LogP contribution in [0.4, 0.5) is 0 Å². The molecule has 1 aromatic carbocycles. The lowest BCUT2D eigenvalue weighted by atomic mass is 10.1. The molecule has 2 amide bonds. The number of rotatable bonds is 4. The zero-order chi connectivity index (χ0) is 13.8. The van der Waals surface area contributed by atoms with Crippen molar-refractivity contribution in [1.82, 2.24) is 10.4 Å². The summed E-state index contributed by atoms with van der Waals surface area (Å²) in [5, 5.41) is 8.68. The van der Waals surface area contributed by atoms with Gasteiger partial charge >= 0.3 is 0 Å². The van der Waals surface area contributed by atoms with Crippen LogP contribution in [0.3, 0.4) is 0 Å². The van der Waals surface area contributed by atoms with E-state index in [0.717, 1.165) is 11.3 Å². The minimum atomic E-state index is -0.598. The van der Waals surface area contributed by atoms with Gasteiger partial charge in [0.25, 0.3) is 5.91 Å². The van der Waals surface area contributed by atoms with E-state index in [9.17, 15) is 9.59 Å². The number of carbonyl (C=O) groups is 2. The minimum Gasteiger partial charge on any atom is -0.497 e. The first-order valence-corrected chi connectivity index (χ1v) is 6.02. The van der Waals surface area contributed by atoms with Gasteiger partial charge < -0.3 is 9.64 Å². The highest BCUT2D eigenvalue weighted by Gasteiger charge is 2.35. The first-order chi connectivity index (χ1) is 9.15. The molecule has 2 N–H and O–H groups in total. The van der Waals surface area contributed by atoms with E-state index in [-0.39, 0.29) is 5.91 Å². The van der Waals surface area contributed by atoms with Gasteiger partial charge in [-0.3, -0.25) is 14.8 Å². The fourth-order valence-corrected chi connectivity index (χ4v) is 2.21. The molecule has 1 fully saturated rings. The lowest BCUT2D eigenvalue weighted by Crippen LogP contribution is -2.43. The molecule has 1 aliphatic rings. The quantitative estimate of drug-likeness (QED) is 0.619. The number of benzene rings is 1. The van der Waals surface area contributed by atoms with Crippen molar-refractivity contribution in [2.45, 2.75) is 25.4 Å². The zero-order valence-corrected chi connectivity index (χ0v) is 10.6. The predicted molar refractivity (Wildman–Crippen MR) is 66.5 cm³/mol. The van der Waals surface area contributed by atoms with E-state index >= 15 is 0 Å². The van der Waals surface area contributed by atoms with Crippen LogP contribution in [0.15, 0.2) is 24.3 Å². The molecule has 0 saturated carbocycles. The van der Waals surface area contributed by atoms with Crippen molar-refractivity contribution in [3.8, 4) is 5.75 Å². The lowest BCUT2D eigenvalue weighted by Gasteiger charge is -2.23. The Bertz CT molecular complexity index is 472. The number of ether oxygens (including phenoxy) is 1. The summed E-state index contributed by atoms with van der Waals surface area (Å²) >= 11 is 0. The number of methoxy groups -OCH3 is 1. The van der Waals surface area contributed by atoms with Crippen molar-refractivity contribution in [1.29, 1.82) is 0 Å². The van der Waals surface area contributed by atoms with Gasteiger partial charge in [0, 0.05) is 13.0 Å². The Balaban J connectivity index is 2.10. The number of amides is 2. The molecule has 0 bridgehead atoms. The van der Waals surface area contributed by atoms with Gasteiger partial charge in [0.15, 0.2) is 0 Å². The van der Waals surface area contributed by atoms with Crippen LogP contribution in [0.1, 0.15) is 18.4 Å². The summed E-state index contributed by atoms with van der Waals surface area (Å²) in [6, 6.07) is 6.70. The molecule has 0 aliphatic carbocycles. The molecule has 1 aromatic rings. The average molecular weight is 264 g/mol. The SMILES string of the molecule is COc1ccc(CN2C(=O)CCC2C(=O)NO)cc1. The van der Waals surface area contributed by atoms with Crippen LogP contribution in [0.5, 0.6) is 5.75 Å². The molecule has 6 nitrogen and oxygen atoms in total. The van der Waals surface area contributed by atoms with Crippen LogP contribution in [0.2, 0.25) is 0 Å². The molecule has 0 aromatic heterocycles. The Kier molecular flexibility index (Phi) is 4.01. The van der Waals surface area contributed by atoms with Gasteiger partial charge in [-0.25, -0.2) is 5.48 Å². The number of likely N-dealkylation sites (tertiary alicyclic amines) is 1. The van der Waals surface area contributed by atoms with E-state index in [2.05, 4.69) is 0 Å². The summed E-state index contributed by atoms with van der Waals surface area (Å²) in [6.07, 6.45) is 0.760. The summed E-state index contributed by atoms with van der Waals surface area (Å²) in [5.74, 6) is 0.116. The summed E-state index contributed by atoms with van der Waals surface area (Å²) in [5.41, 5.74) is 2.52. The van der Waals surface area contributed by atoms with Crippen LogP contribution in [-0.4, -0.2) is 35.1 Å². The Morgan fingerprint density at radius 2 is 2.16 bits per heavy atom. The molecule has 1 aliphatic heterocycles. The number of hydrogen-bond acceptors (Lipinski definition) is 4. The van der Waals surface area contributed by atoms with E-state index in [1.807, 2.05) is 12.1 Å². The zero-order valence-electron chi connectivity index (χ0n) is 10.6. The highest BCUT2D eigenvalue weighted by Crippen LogP contribution is 2.22. The molecule has 1 unspecified atom stereocenters. The van der Waals surface area contributed by atoms with E-state index in [0.29, 0.717) is 19.4 Å². The molecule has 0 spiro atoms. The summed E-state index contributed by atoms with van der Waals surface area (Å²) in [6.45, 7) is 0.348. The topological polar surface area (TPSA) is 78.9 Å². The molecule has 6 heteroatoms. The maximum absolute atomic E-state index is 11.8. The fourth-order valence-electron chi connectivity index (χ4n) is 2.21. The van der Waals surface area contributed by atoms with Gasteiger partial charge in [-0.05, 0) is 24.1 Å². The predicted octanol–water partition coefficient (Wildman–Crippen LogP) is 0.692.